The van der Waals surface area contributed by atoms with Gasteiger partial charge in [0.2, 0.25) is 0 Å². The van der Waals surface area contributed by atoms with E-state index in [0.717, 1.165) is 31.1 Å². The molecule has 3 heteroatoms. The van der Waals surface area contributed by atoms with Gasteiger partial charge in [-0.2, -0.15) is 0 Å². The van der Waals surface area contributed by atoms with Crippen LogP contribution in [-0.4, -0.2) is 27.7 Å². The van der Waals surface area contributed by atoms with Crippen LogP contribution in [0.25, 0.3) is 0 Å². The van der Waals surface area contributed by atoms with E-state index in [1.807, 2.05) is 30.3 Å². The maximum absolute atomic E-state index is 10.9. The molecule has 30 heavy (non-hydrogen) atoms. The molecule has 0 amide bonds. The van der Waals surface area contributed by atoms with Crippen molar-refractivity contribution in [1.29, 1.82) is 0 Å². The first-order chi connectivity index (χ1) is 14.8. The zero-order chi connectivity index (χ0) is 20.6. The number of aliphatic hydroxyl groups excluding tert-OH is 1. The quantitative estimate of drug-likeness (QED) is 0.501. The van der Waals surface area contributed by atoms with Crippen molar-refractivity contribution >= 4 is 0 Å². The summed E-state index contributed by atoms with van der Waals surface area (Å²) in [6, 6.07) is 25.1. The highest BCUT2D eigenvalue weighted by Crippen LogP contribution is 2.26. The standard InChI is InChI=1S/C27H34N2O/c30-27(25-15-8-3-9-16-25)22-28(19-23-11-4-1-5-12-23)21-26-17-10-18-29(26)20-24-13-6-2-7-14-24/h2-3,6-10,13-18,23,27,30H,1,4-5,11-12,19-22H2. The lowest BCUT2D eigenvalue weighted by atomic mass is 9.89. The summed E-state index contributed by atoms with van der Waals surface area (Å²) in [6.45, 7) is 3.51. The highest BCUT2D eigenvalue weighted by molar-refractivity contribution is 5.19. The van der Waals surface area contributed by atoms with Crippen LogP contribution in [0.1, 0.15) is 55.0 Å². The number of hydrogen-bond acceptors (Lipinski definition) is 2. The van der Waals surface area contributed by atoms with Crippen LogP contribution in [0.5, 0.6) is 0 Å². The Labute approximate surface area is 181 Å². The van der Waals surface area contributed by atoms with Gasteiger partial charge in [-0.15, -0.1) is 0 Å². The molecule has 1 atom stereocenters. The lowest BCUT2D eigenvalue weighted by Gasteiger charge is -2.31. The van der Waals surface area contributed by atoms with Crippen LogP contribution >= 0.6 is 0 Å². The Morgan fingerprint density at radius 2 is 1.57 bits per heavy atom. The minimum absolute atomic E-state index is 0.452. The second-order valence-corrected chi connectivity index (χ2v) is 8.74. The molecule has 0 bridgehead atoms. The van der Waals surface area contributed by atoms with Gasteiger partial charge in [-0.05, 0) is 42.0 Å². The van der Waals surface area contributed by atoms with Gasteiger partial charge in [-0.25, -0.2) is 0 Å². The monoisotopic (exact) mass is 402 g/mol. The molecule has 1 N–H and O–H groups in total. The van der Waals surface area contributed by atoms with Crippen molar-refractivity contribution < 1.29 is 5.11 Å². The smallest absolute Gasteiger partial charge is 0.0917 e. The van der Waals surface area contributed by atoms with E-state index in [9.17, 15) is 5.11 Å². The Balaban J connectivity index is 1.47. The molecular weight excluding hydrogens is 368 g/mol. The Morgan fingerprint density at radius 3 is 2.30 bits per heavy atom. The van der Waals surface area contributed by atoms with Crippen molar-refractivity contribution in [1.82, 2.24) is 9.47 Å². The van der Waals surface area contributed by atoms with E-state index in [1.54, 1.807) is 0 Å². The first kappa shape index (κ1) is 20.9. The van der Waals surface area contributed by atoms with E-state index < -0.39 is 6.10 Å². The zero-order valence-corrected chi connectivity index (χ0v) is 17.9. The molecule has 1 aromatic heterocycles. The summed E-state index contributed by atoms with van der Waals surface area (Å²) < 4.78 is 2.35. The number of benzene rings is 2. The molecule has 1 fully saturated rings. The average Bonchev–Trinajstić information content (AvgIpc) is 3.22. The van der Waals surface area contributed by atoms with E-state index >= 15 is 0 Å². The van der Waals surface area contributed by atoms with E-state index in [2.05, 4.69) is 58.1 Å². The van der Waals surface area contributed by atoms with Gasteiger partial charge in [0.05, 0.1) is 6.10 Å². The highest BCUT2D eigenvalue weighted by Gasteiger charge is 2.21. The molecule has 3 nitrogen and oxygen atoms in total. The Morgan fingerprint density at radius 1 is 0.867 bits per heavy atom. The van der Waals surface area contributed by atoms with E-state index in [-0.39, 0.29) is 0 Å². The Bertz CT molecular complexity index is 868. The summed E-state index contributed by atoms with van der Waals surface area (Å²) >= 11 is 0. The number of hydrogen-bond donors (Lipinski definition) is 1. The van der Waals surface area contributed by atoms with Crippen molar-refractivity contribution in [2.75, 3.05) is 13.1 Å². The summed E-state index contributed by atoms with van der Waals surface area (Å²) in [7, 11) is 0. The van der Waals surface area contributed by atoms with Crippen LogP contribution in [0.4, 0.5) is 0 Å². The molecule has 1 unspecified atom stereocenters. The summed E-state index contributed by atoms with van der Waals surface area (Å²) in [5.74, 6) is 0.749. The molecule has 1 aliphatic carbocycles. The SMILES string of the molecule is OC(CN(Cc1cccn1Cc1ccccc1)CC1CCCCC1)c1ccccc1. The average molecular weight is 403 g/mol. The third-order valence-electron chi connectivity index (χ3n) is 6.36. The van der Waals surface area contributed by atoms with Crippen LogP contribution < -0.4 is 0 Å². The normalized spacial score (nSPS) is 16.1. The Hall–Kier alpha value is -2.36. The van der Waals surface area contributed by atoms with Gasteiger partial charge in [0.1, 0.15) is 0 Å². The van der Waals surface area contributed by atoms with Gasteiger partial charge < -0.3 is 9.67 Å². The third-order valence-corrected chi connectivity index (χ3v) is 6.36. The Kier molecular flexibility index (Phi) is 7.39. The van der Waals surface area contributed by atoms with Crippen LogP contribution in [-0.2, 0) is 13.1 Å². The fourth-order valence-corrected chi connectivity index (χ4v) is 4.72. The molecule has 0 spiro atoms. The molecule has 2 aromatic carbocycles. The number of nitrogens with zero attached hydrogens (tertiary/aromatic N) is 2. The second kappa shape index (κ2) is 10.6. The first-order valence-electron chi connectivity index (χ1n) is 11.4. The predicted octanol–water partition coefficient (Wildman–Crippen LogP) is 5.65. The molecule has 0 aliphatic heterocycles. The number of aliphatic hydroxyl groups is 1. The molecule has 1 aliphatic rings. The predicted molar refractivity (Wildman–Crippen MR) is 123 cm³/mol. The number of rotatable bonds is 9. The van der Waals surface area contributed by atoms with E-state index in [0.29, 0.717) is 6.54 Å². The van der Waals surface area contributed by atoms with Gasteiger partial charge in [-0.3, -0.25) is 4.90 Å². The molecule has 4 rings (SSSR count). The van der Waals surface area contributed by atoms with Crippen LogP contribution in [0.15, 0.2) is 79.0 Å². The summed E-state index contributed by atoms with van der Waals surface area (Å²) in [5.41, 5.74) is 3.64. The topological polar surface area (TPSA) is 28.4 Å². The van der Waals surface area contributed by atoms with Gasteiger partial charge >= 0.3 is 0 Å². The summed E-state index contributed by atoms with van der Waals surface area (Å²) in [6.07, 6.45) is 8.45. The van der Waals surface area contributed by atoms with Crippen molar-refractivity contribution in [2.45, 2.75) is 51.3 Å². The van der Waals surface area contributed by atoms with Crippen molar-refractivity contribution in [3.05, 3.63) is 95.8 Å². The van der Waals surface area contributed by atoms with Gasteiger partial charge in [0.25, 0.3) is 0 Å². The van der Waals surface area contributed by atoms with Gasteiger partial charge in [0, 0.05) is 38.1 Å². The van der Waals surface area contributed by atoms with Gasteiger partial charge in [0.15, 0.2) is 0 Å². The lowest BCUT2D eigenvalue weighted by molar-refractivity contribution is 0.0915. The van der Waals surface area contributed by atoms with E-state index in [1.165, 1.54) is 43.4 Å². The number of aromatic nitrogens is 1. The minimum Gasteiger partial charge on any atom is -0.387 e. The molecule has 158 valence electrons. The molecule has 0 saturated heterocycles. The third kappa shape index (κ3) is 5.84. The van der Waals surface area contributed by atoms with Crippen molar-refractivity contribution in [3.63, 3.8) is 0 Å². The molecule has 0 radical (unpaired) electrons. The molecule has 3 aromatic rings. The second-order valence-electron chi connectivity index (χ2n) is 8.74. The zero-order valence-electron chi connectivity index (χ0n) is 17.9. The fourth-order valence-electron chi connectivity index (χ4n) is 4.72. The van der Waals surface area contributed by atoms with Crippen LogP contribution in [0.3, 0.4) is 0 Å². The molecular formula is C27H34N2O. The maximum Gasteiger partial charge on any atom is 0.0917 e. The molecule has 1 saturated carbocycles. The van der Waals surface area contributed by atoms with Crippen molar-refractivity contribution in [2.24, 2.45) is 5.92 Å². The largest absolute Gasteiger partial charge is 0.387 e. The minimum atomic E-state index is -0.452. The lowest BCUT2D eigenvalue weighted by Crippen LogP contribution is -2.34. The maximum atomic E-state index is 10.9. The highest BCUT2D eigenvalue weighted by atomic mass is 16.3. The van der Waals surface area contributed by atoms with Crippen LogP contribution in [0.2, 0.25) is 0 Å². The van der Waals surface area contributed by atoms with Crippen LogP contribution in [0, 0.1) is 5.92 Å². The summed E-state index contributed by atoms with van der Waals surface area (Å²) in [5, 5.41) is 10.9. The summed E-state index contributed by atoms with van der Waals surface area (Å²) in [4.78, 5) is 2.48. The fraction of sp³-hybridized carbons (Fsp3) is 0.407. The van der Waals surface area contributed by atoms with E-state index in [4.69, 9.17) is 0 Å². The van der Waals surface area contributed by atoms with Gasteiger partial charge in [-0.1, -0.05) is 79.9 Å². The van der Waals surface area contributed by atoms with Crippen molar-refractivity contribution in [3.8, 4) is 0 Å². The first-order valence-corrected chi connectivity index (χ1v) is 11.4. The molecule has 1 heterocycles.